The molecule has 1 saturated heterocycles. The lowest BCUT2D eigenvalue weighted by Gasteiger charge is -2.18. The molecule has 2 amide bonds. The van der Waals surface area contributed by atoms with E-state index >= 15 is 0 Å². The second-order valence-electron chi connectivity index (χ2n) is 4.07. The Morgan fingerprint density at radius 2 is 2.33 bits per heavy atom. The maximum absolute atomic E-state index is 11.9. The number of amides is 2. The predicted molar refractivity (Wildman–Crippen MR) is 62.4 cm³/mol. The highest BCUT2D eigenvalue weighted by Crippen LogP contribution is 1.97. The van der Waals surface area contributed by atoms with Crippen molar-refractivity contribution in [2.45, 2.75) is 13.0 Å². The molecule has 1 aromatic heterocycles. The molecule has 7 heteroatoms. The molecular weight excluding hydrogens is 236 g/mol. The number of hydrogen-bond acceptors (Lipinski definition) is 5. The van der Waals surface area contributed by atoms with Gasteiger partial charge in [-0.1, -0.05) is 5.16 Å². The highest BCUT2D eigenvalue weighted by Gasteiger charge is 2.22. The molecule has 2 rings (SSSR count). The van der Waals surface area contributed by atoms with E-state index in [1.807, 2.05) is 0 Å². The number of nitrogens with one attached hydrogen (secondary N) is 2. The van der Waals surface area contributed by atoms with Gasteiger partial charge in [0.2, 0.25) is 0 Å². The molecule has 1 fully saturated rings. The summed E-state index contributed by atoms with van der Waals surface area (Å²) in [7, 11) is 0. The minimum atomic E-state index is -0.597. The van der Waals surface area contributed by atoms with Crippen molar-refractivity contribution in [1.82, 2.24) is 20.7 Å². The van der Waals surface area contributed by atoms with Crippen LogP contribution in [0, 0.1) is 0 Å². The number of carbonyl (C=O) groups excluding carboxylic acids is 2. The Kier molecular flexibility index (Phi) is 4.30. The monoisotopic (exact) mass is 252 g/mol. The average Bonchev–Trinajstić information content (AvgIpc) is 2.75. The zero-order chi connectivity index (χ0) is 12.8. The molecule has 1 aromatic rings. The summed E-state index contributed by atoms with van der Waals surface area (Å²) >= 11 is 0. The molecule has 98 valence electrons. The number of carbonyl (C=O) groups is 2. The minimum absolute atomic E-state index is 0.202. The zero-order valence-electron chi connectivity index (χ0n) is 10.0. The standard InChI is InChI=1S/C11H16N4O3/c16-10(13-8-9-2-7-18-14-9)11(17)15-5-1-3-12-4-6-15/h2,7,12H,1,3-6,8H2,(H,13,16). The summed E-state index contributed by atoms with van der Waals surface area (Å²) in [4.78, 5) is 25.1. The van der Waals surface area contributed by atoms with Crippen LogP contribution in [0.4, 0.5) is 0 Å². The average molecular weight is 252 g/mol. The zero-order valence-corrected chi connectivity index (χ0v) is 10.0. The van der Waals surface area contributed by atoms with Crippen LogP contribution in [0.1, 0.15) is 12.1 Å². The van der Waals surface area contributed by atoms with E-state index in [1.165, 1.54) is 6.26 Å². The number of rotatable bonds is 2. The molecule has 0 radical (unpaired) electrons. The van der Waals surface area contributed by atoms with Crippen molar-refractivity contribution in [2.24, 2.45) is 0 Å². The minimum Gasteiger partial charge on any atom is -0.364 e. The third-order valence-corrected chi connectivity index (χ3v) is 2.74. The Bertz CT molecular complexity index is 396. The Morgan fingerprint density at radius 1 is 1.44 bits per heavy atom. The first-order chi connectivity index (χ1) is 8.77. The van der Waals surface area contributed by atoms with E-state index in [4.69, 9.17) is 0 Å². The fourth-order valence-corrected chi connectivity index (χ4v) is 1.77. The van der Waals surface area contributed by atoms with E-state index in [2.05, 4.69) is 20.3 Å². The molecule has 7 nitrogen and oxygen atoms in total. The van der Waals surface area contributed by atoms with Crippen molar-refractivity contribution in [3.05, 3.63) is 18.0 Å². The first kappa shape index (κ1) is 12.6. The van der Waals surface area contributed by atoms with Gasteiger partial charge in [-0.2, -0.15) is 0 Å². The van der Waals surface area contributed by atoms with Crippen molar-refractivity contribution in [1.29, 1.82) is 0 Å². The van der Waals surface area contributed by atoms with Gasteiger partial charge in [0.15, 0.2) is 0 Å². The fraction of sp³-hybridized carbons (Fsp3) is 0.545. The van der Waals surface area contributed by atoms with Crippen molar-refractivity contribution < 1.29 is 14.1 Å². The molecule has 0 aromatic carbocycles. The van der Waals surface area contributed by atoms with E-state index in [0.717, 1.165) is 19.5 Å². The van der Waals surface area contributed by atoms with Crippen LogP contribution in [-0.4, -0.2) is 48.0 Å². The quantitative estimate of drug-likeness (QED) is 0.667. The van der Waals surface area contributed by atoms with Crippen LogP contribution >= 0.6 is 0 Å². The largest absolute Gasteiger partial charge is 0.364 e. The van der Waals surface area contributed by atoms with Gasteiger partial charge in [0, 0.05) is 25.7 Å². The van der Waals surface area contributed by atoms with Crippen LogP contribution in [0.25, 0.3) is 0 Å². The molecule has 2 N–H and O–H groups in total. The second-order valence-corrected chi connectivity index (χ2v) is 4.07. The lowest BCUT2D eigenvalue weighted by molar-refractivity contribution is -0.145. The van der Waals surface area contributed by atoms with Crippen LogP contribution < -0.4 is 10.6 Å². The molecular formula is C11H16N4O3. The Morgan fingerprint density at radius 3 is 3.11 bits per heavy atom. The van der Waals surface area contributed by atoms with Gasteiger partial charge < -0.3 is 20.1 Å². The van der Waals surface area contributed by atoms with Gasteiger partial charge >= 0.3 is 11.8 Å². The maximum atomic E-state index is 11.9. The van der Waals surface area contributed by atoms with E-state index in [-0.39, 0.29) is 6.54 Å². The Labute approximate surface area is 104 Å². The Hall–Kier alpha value is -1.89. The molecule has 2 heterocycles. The normalized spacial score (nSPS) is 16.1. The molecule has 0 unspecified atom stereocenters. The number of nitrogens with zero attached hydrogens (tertiary/aromatic N) is 2. The van der Waals surface area contributed by atoms with Crippen LogP contribution in [0.5, 0.6) is 0 Å². The van der Waals surface area contributed by atoms with Gasteiger partial charge in [0.25, 0.3) is 0 Å². The highest BCUT2D eigenvalue weighted by molar-refractivity contribution is 6.34. The van der Waals surface area contributed by atoms with Gasteiger partial charge in [0.1, 0.15) is 12.0 Å². The Balaban J connectivity index is 1.82. The van der Waals surface area contributed by atoms with Crippen molar-refractivity contribution in [2.75, 3.05) is 26.2 Å². The van der Waals surface area contributed by atoms with Gasteiger partial charge in [-0.15, -0.1) is 0 Å². The first-order valence-corrected chi connectivity index (χ1v) is 5.94. The first-order valence-electron chi connectivity index (χ1n) is 5.94. The second kappa shape index (κ2) is 6.15. The van der Waals surface area contributed by atoms with E-state index < -0.39 is 11.8 Å². The summed E-state index contributed by atoms with van der Waals surface area (Å²) < 4.78 is 4.64. The summed E-state index contributed by atoms with van der Waals surface area (Å²) in [5, 5.41) is 9.36. The smallest absolute Gasteiger partial charge is 0.311 e. The molecule has 1 aliphatic rings. The maximum Gasteiger partial charge on any atom is 0.311 e. The predicted octanol–water partition coefficient (Wildman–Crippen LogP) is -0.887. The third kappa shape index (κ3) is 3.30. The molecule has 0 bridgehead atoms. The van der Waals surface area contributed by atoms with E-state index in [0.29, 0.717) is 18.8 Å². The number of aromatic nitrogens is 1. The summed E-state index contributed by atoms with van der Waals surface area (Å²) in [5.74, 6) is -1.08. The van der Waals surface area contributed by atoms with Crippen LogP contribution in [-0.2, 0) is 16.1 Å². The number of hydrogen-bond donors (Lipinski definition) is 2. The lowest BCUT2D eigenvalue weighted by Crippen LogP contribution is -2.44. The molecule has 0 spiro atoms. The molecule has 18 heavy (non-hydrogen) atoms. The molecule has 0 saturated carbocycles. The summed E-state index contributed by atoms with van der Waals surface area (Å²) in [6.07, 6.45) is 2.28. The summed E-state index contributed by atoms with van der Waals surface area (Å²) in [6, 6.07) is 1.64. The van der Waals surface area contributed by atoms with E-state index in [9.17, 15) is 9.59 Å². The van der Waals surface area contributed by atoms with Crippen molar-refractivity contribution in [3.8, 4) is 0 Å². The van der Waals surface area contributed by atoms with Crippen molar-refractivity contribution >= 4 is 11.8 Å². The van der Waals surface area contributed by atoms with Crippen LogP contribution in [0.2, 0.25) is 0 Å². The summed E-state index contributed by atoms with van der Waals surface area (Å²) in [6.45, 7) is 2.99. The van der Waals surface area contributed by atoms with Gasteiger partial charge in [-0.25, -0.2) is 0 Å². The van der Waals surface area contributed by atoms with E-state index in [1.54, 1.807) is 11.0 Å². The van der Waals surface area contributed by atoms with Gasteiger partial charge in [-0.3, -0.25) is 9.59 Å². The lowest BCUT2D eigenvalue weighted by atomic mass is 10.3. The SMILES string of the molecule is O=C(NCc1ccon1)C(=O)N1CCCNCC1. The summed E-state index contributed by atoms with van der Waals surface area (Å²) in [5.41, 5.74) is 0.591. The van der Waals surface area contributed by atoms with Gasteiger partial charge in [0.05, 0.1) is 6.54 Å². The molecule has 0 atom stereocenters. The van der Waals surface area contributed by atoms with Gasteiger partial charge in [-0.05, 0) is 13.0 Å². The third-order valence-electron chi connectivity index (χ3n) is 2.74. The van der Waals surface area contributed by atoms with Crippen LogP contribution in [0.3, 0.4) is 0 Å². The van der Waals surface area contributed by atoms with Crippen LogP contribution in [0.15, 0.2) is 16.9 Å². The fourth-order valence-electron chi connectivity index (χ4n) is 1.77. The topological polar surface area (TPSA) is 87.5 Å². The highest BCUT2D eigenvalue weighted by atomic mass is 16.5. The molecule has 0 aliphatic carbocycles. The van der Waals surface area contributed by atoms with Crippen molar-refractivity contribution in [3.63, 3.8) is 0 Å². The molecule has 1 aliphatic heterocycles.